The molecule has 1 saturated carbocycles. The van der Waals surface area contributed by atoms with E-state index in [1.54, 1.807) is 0 Å². The Bertz CT molecular complexity index is 357. The molecule has 1 aromatic rings. The fraction of sp³-hybridized carbons (Fsp3) is 0.733. The highest BCUT2D eigenvalue weighted by Gasteiger charge is 2.22. The Labute approximate surface area is 116 Å². The number of rotatable bonds is 7. The van der Waals surface area contributed by atoms with Crippen LogP contribution in [0.2, 0.25) is 0 Å². The van der Waals surface area contributed by atoms with Crippen LogP contribution >= 0.6 is 0 Å². The lowest BCUT2D eigenvalue weighted by atomic mass is 10.2. The first-order chi connectivity index (χ1) is 9.35. The van der Waals surface area contributed by atoms with Gasteiger partial charge in [-0.1, -0.05) is 19.8 Å². The highest BCUT2D eigenvalue weighted by molar-refractivity contribution is 5.38. The van der Waals surface area contributed by atoms with Crippen LogP contribution in [0.15, 0.2) is 12.1 Å². The second kappa shape index (κ2) is 7.43. The predicted molar refractivity (Wildman–Crippen MR) is 79.3 cm³/mol. The van der Waals surface area contributed by atoms with Crippen LogP contribution in [0.25, 0.3) is 0 Å². The summed E-state index contributed by atoms with van der Waals surface area (Å²) in [7, 11) is 0. The van der Waals surface area contributed by atoms with Crippen molar-refractivity contribution >= 4 is 5.82 Å². The van der Waals surface area contributed by atoms with Gasteiger partial charge in [0.05, 0.1) is 5.69 Å². The van der Waals surface area contributed by atoms with Gasteiger partial charge in [0.2, 0.25) is 0 Å². The zero-order chi connectivity index (χ0) is 13.5. The van der Waals surface area contributed by atoms with Crippen molar-refractivity contribution in [1.82, 2.24) is 15.5 Å². The van der Waals surface area contributed by atoms with E-state index in [1.165, 1.54) is 25.7 Å². The number of hydrogen-bond donors (Lipinski definition) is 1. The van der Waals surface area contributed by atoms with Gasteiger partial charge >= 0.3 is 0 Å². The molecular weight excluding hydrogens is 236 g/mol. The first-order valence-electron chi connectivity index (χ1n) is 7.65. The van der Waals surface area contributed by atoms with Crippen LogP contribution in [-0.4, -0.2) is 29.3 Å². The third-order valence-electron chi connectivity index (χ3n) is 3.84. The Balaban J connectivity index is 1.95. The van der Waals surface area contributed by atoms with Gasteiger partial charge in [-0.15, -0.1) is 5.10 Å². The van der Waals surface area contributed by atoms with E-state index < -0.39 is 0 Å². The molecule has 1 aromatic heterocycles. The summed E-state index contributed by atoms with van der Waals surface area (Å²) >= 11 is 0. The van der Waals surface area contributed by atoms with Crippen molar-refractivity contribution in [2.45, 2.75) is 58.5 Å². The Kier molecular flexibility index (Phi) is 5.58. The molecule has 0 amide bonds. The monoisotopic (exact) mass is 262 g/mol. The molecule has 2 rings (SSSR count). The standard InChI is InChI=1S/C15H26N4/c1-3-11-16-12-13-9-10-15(18-17-13)19(4-2)14-7-5-6-8-14/h9-10,14,16H,3-8,11-12H2,1-2H3. The molecule has 0 saturated heterocycles. The molecule has 0 bridgehead atoms. The van der Waals surface area contributed by atoms with Crippen LogP contribution < -0.4 is 10.2 Å². The molecule has 1 fully saturated rings. The molecule has 1 aliphatic carbocycles. The zero-order valence-electron chi connectivity index (χ0n) is 12.2. The van der Waals surface area contributed by atoms with E-state index in [4.69, 9.17) is 0 Å². The Morgan fingerprint density at radius 2 is 2.00 bits per heavy atom. The minimum absolute atomic E-state index is 0.670. The largest absolute Gasteiger partial charge is 0.352 e. The maximum absolute atomic E-state index is 4.41. The van der Waals surface area contributed by atoms with Crippen molar-refractivity contribution < 1.29 is 0 Å². The van der Waals surface area contributed by atoms with Gasteiger partial charge in [-0.3, -0.25) is 0 Å². The molecule has 4 nitrogen and oxygen atoms in total. The zero-order valence-corrected chi connectivity index (χ0v) is 12.2. The maximum atomic E-state index is 4.41. The van der Waals surface area contributed by atoms with E-state index >= 15 is 0 Å². The number of hydrogen-bond acceptors (Lipinski definition) is 4. The average molecular weight is 262 g/mol. The van der Waals surface area contributed by atoms with Crippen molar-refractivity contribution in [2.24, 2.45) is 0 Å². The molecular formula is C15H26N4. The molecule has 1 aliphatic rings. The predicted octanol–water partition coefficient (Wildman–Crippen LogP) is 2.75. The summed E-state index contributed by atoms with van der Waals surface area (Å²) in [6, 6.07) is 4.89. The second-order valence-corrected chi connectivity index (χ2v) is 5.28. The second-order valence-electron chi connectivity index (χ2n) is 5.28. The molecule has 0 aliphatic heterocycles. The highest BCUT2D eigenvalue weighted by atomic mass is 15.3. The first kappa shape index (κ1) is 14.3. The summed E-state index contributed by atoms with van der Waals surface area (Å²) in [6.45, 7) is 7.25. The average Bonchev–Trinajstić information content (AvgIpc) is 2.96. The van der Waals surface area contributed by atoms with Gasteiger partial charge in [-0.25, -0.2) is 0 Å². The first-order valence-corrected chi connectivity index (χ1v) is 7.65. The van der Waals surface area contributed by atoms with Crippen molar-refractivity contribution in [2.75, 3.05) is 18.0 Å². The lowest BCUT2D eigenvalue weighted by Crippen LogP contribution is -2.33. The van der Waals surface area contributed by atoms with Gasteiger partial charge in [0.25, 0.3) is 0 Å². The quantitative estimate of drug-likeness (QED) is 0.767. The molecule has 0 atom stereocenters. The van der Waals surface area contributed by atoms with E-state index in [9.17, 15) is 0 Å². The summed E-state index contributed by atoms with van der Waals surface area (Å²) < 4.78 is 0. The Morgan fingerprint density at radius 3 is 2.58 bits per heavy atom. The van der Waals surface area contributed by atoms with Gasteiger partial charge in [-0.05, 0) is 44.9 Å². The normalized spacial score (nSPS) is 15.9. The molecule has 4 heteroatoms. The molecule has 0 aromatic carbocycles. The van der Waals surface area contributed by atoms with Gasteiger partial charge < -0.3 is 10.2 Å². The lowest BCUT2D eigenvalue weighted by Gasteiger charge is -2.28. The molecule has 1 heterocycles. The van der Waals surface area contributed by atoms with Gasteiger partial charge in [0.1, 0.15) is 0 Å². The summed E-state index contributed by atoms with van der Waals surface area (Å²) in [6.07, 6.45) is 6.46. The Morgan fingerprint density at radius 1 is 1.21 bits per heavy atom. The molecule has 0 unspecified atom stereocenters. The van der Waals surface area contributed by atoms with Gasteiger partial charge in [0.15, 0.2) is 5.82 Å². The van der Waals surface area contributed by atoms with E-state index in [0.717, 1.165) is 37.6 Å². The van der Waals surface area contributed by atoms with Crippen LogP contribution in [0, 0.1) is 0 Å². The Hall–Kier alpha value is -1.16. The van der Waals surface area contributed by atoms with E-state index in [1.807, 2.05) is 0 Å². The van der Waals surface area contributed by atoms with Crippen LogP contribution in [0.5, 0.6) is 0 Å². The minimum atomic E-state index is 0.670. The smallest absolute Gasteiger partial charge is 0.151 e. The van der Waals surface area contributed by atoms with Crippen molar-refractivity contribution in [3.63, 3.8) is 0 Å². The van der Waals surface area contributed by atoms with E-state index in [0.29, 0.717) is 6.04 Å². The van der Waals surface area contributed by atoms with Crippen LogP contribution in [-0.2, 0) is 6.54 Å². The number of anilines is 1. The summed E-state index contributed by atoms with van der Waals surface area (Å²) in [5, 5.41) is 12.1. The fourth-order valence-corrected chi connectivity index (χ4v) is 2.82. The molecule has 0 spiro atoms. The van der Waals surface area contributed by atoms with Crippen molar-refractivity contribution in [1.29, 1.82) is 0 Å². The SMILES string of the molecule is CCCNCc1ccc(N(CC)C2CCCC2)nn1. The number of nitrogens with one attached hydrogen (secondary N) is 1. The fourth-order valence-electron chi connectivity index (χ4n) is 2.82. The van der Waals surface area contributed by atoms with Gasteiger partial charge in [0, 0.05) is 19.1 Å². The third kappa shape index (κ3) is 3.90. The lowest BCUT2D eigenvalue weighted by molar-refractivity contribution is 0.605. The molecule has 1 N–H and O–H groups in total. The summed E-state index contributed by atoms with van der Waals surface area (Å²) in [5.74, 6) is 1.04. The maximum Gasteiger partial charge on any atom is 0.151 e. The minimum Gasteiger partial charge on any atom is -0.352 e. The van der Waals surface area contributed by atoms with Crippen LogP contribution in [0.3, 0.4) is 0 Å². The van der Waals surface area contributed by atoms with Gasteiger partial charge in [-0.2, -0.15) is 5.10 Å². The van der Waals surface area contributed by atoms with Crippen molar-refractivity contribution in [3.8, 4) is 0 Å². The number of nitrogens with zero attached hydrogens (tertiary/aromatic N) is 3. The topological polar surface area (TPSA) is 41.0 Å². The summed E-state index contributed by atoms with van der Waals surface area (Å²) in [4.78, 5) is 2.41. The van der Waals surface area contributed by atoms with E-state index in [2.05, 4.69) is 46.4 Å². The van der Waals surface area contributed by atoms with E-state index in [-0.39, 0.29) is 0 Å². The van der Waals surface area contributed by atoms with Crippen molar-refractivity contribution in [3.05, 3.63) is 17.8 Å². The van der Waals surface area contributed by atoms with Crippen LogP contribution in [0.4, 0.5) is 5.82 Å². The third-order valence-corrected chi connectivity index (χ3v) is 3.84. The summed E-state index contributed by atoms with van der Waals surface area (Å²) in [5.41, 5.74) is 1.03. The molecule has 19 heavy (non-hydrogen) atoms. The molecule has 106 valence electrons. The number of aromatic nitrogens is 2. The van der Waals surface area contributed by atoms with Crippen LogP contribution in [0.1, 0.15) is 51.6 Å². The highest BCUT2D eigenvalue weighted by Crippen LogP contribution is 2.26. The molecule has 0 radical (unpaired) electrons.